The molecule has 22 heavy (non-hydrogen) atoms. The van der Waals surface area contributed by atoms with Crippen molar-refractivity contribution in [2.75, 3.05) is 5.43 Å². The third-order valence-electron chi connectivity index (χ3n) is 5.67. The summed E-state index contributed by atoms with van der Waals surface area (Å²) < 4.78 is 0. The molecule has 0 unspecified atom stereocenters. The zero-order chi connectivity index (χ0) is 16.1. The first-order valence-corrected chi connectivity index (χ1v) is 7.40. The molecule has 2 fully saturated rings. The van der Waals surface area contributed by atoms with Crippen molar-refractivity contribution >= 4 is 22.9 Å². The van der Waals surface area contributed by atoms with E-state index in [2.05, 4.69) is 24.4 Å². The number of Topliss-reactive ketones (excluding diaryl/α,β-unsaturated/α-hetero) is 1. The number of rotatable bonds is 3. The fraction of sp³-hybridized carbons (Fsp3) is 0.500. The number of anilines is 1. The Bertz CT molecular complexity index is 678. The monoisotopic (exact) mass is 301 g/mol. The molecule has 3 rings (SSSR count). The van der Waals surface area contributed by atoms with E-state index in [9.17, 15) is 14.9 Å². The van der Waals surface area contributed by atoms with E-state index >= 15 is 0 Å². The molecule has 0 saturated heterocycles. The minimum Gasteiger partial charge on any atom is -0.292 e. The minimum atomic E-state index is -0.446. The normalized spacial score (nSPS) is 30.8. The van der Waals surface area contributed by atoms with Crippen LogP contribution in [0.1, 0.15) is 33.6 Å². The van der Waals surface area contributed by atoms with Crippen molar-refractivity contribution in [2.45, 2.75) is 33.6 Å². The van der Waals surface area contributed by atoms with Gasteiger partial charge >= 0.3 is 0 Å². The van der Waals surface area contributed by atoms with E-state index in [1.54, 1.807) is 12.1 Å². The summed E-state index contributed by atoms with van der Waals surface area (Å²) in [5.41, 5.74) is 3.75. The van der Waals surface area contributed by atoms with Gasteiger partial charge in [0.1, 0.15) is 5.71 Å². The van der Waals surface area contributed by atoms with Crippen LogP contribution in [0, 0.1) is 26.9 Å². The molecule has 0 amide bonds. The lowest BCUT2D eigenvalue weighted by Gasteiger charge is -2.31. The maximum atomic E-state index is 12.6. The van der Waals surface area contributed by atoms with Crippen molar-refractivity contribution in [3.8, 4) is 0 Å². The van der Waals surface area contributed by atoms with Gasteiger partial charge in [-0.2, -0.15) is 5.10 Å². The fourth-order valence-electron chi connectivity index (χ4n) is 3.74. The van der Waals surface area contributed by atoms with Gasteiger partial charge in [0.25, 0.3) is 5.69 Å². The number of hydrazone groups is 1. The van der Waals surface area contributed by atoms with Crippen LogP contribution in [0.2, 0.25) is 0 Å². The van der Waals surface area contributed by atoms with Crippen molar-refractivity contribution < 1.29 is 9.72 Å². The molecule has 2 atom stereocenters. The average molecular weight is 301 g/mol. The number of nitrogens with zero attached hydrogens (tertiary/aromatic N) is 2. The molecular weight excluding hydrogens is 282 g/mol. The minimum absolute atomic E-state index is 0.0304. The van der Waals surface area contributed by atoms with Crippen molar-refractivity contribution in [1.29, 1.82) is 0 Å². The molecule has 1 N–H and O–H groups in total. The second kappa shape index (κ2) is 4.63. The van der Waals surface area contributed by atoms with Crippen molar-refractivity contribution in [3.63, 3.8) is 0 Å². The van der Waals surface area contributed by atoms with Crippen LogP contribution in [0.4, 0.5) is 11.4 Å². The first-order chi connectivity index (χ1) is 10.3. The van der Waals surface area contributed by atoms with Gasteiger partial charge < -0.3 is 0 Å². The molecule has 2 aliphatic rings. The SMILES string of the molecule is CC1(C)[C@H]2CC[C@]1(C)C(=O)/C2=N\Nc1ccc([N+](=O)[O-])cc1. The molecule has 0 aromatic heterocycles. The van der Waals surface area contributed by atoms with Crippen LogP contribution in [0.3, 0.4) is 0 Å². The Balaban J connectivity index is 1.82. The molecule has 0 aliphatic heterocycles. The average Bonchev–Trinajstić information content (AvgIpc) is 2.78. The van der Waals surface area contributed by atoms with Gasteiger partial charge in [0.2, 0.25) is 0 Å². The summed E-state index contributed by atoms with van der Waals surface area (Å²) in [6.45, 7) is 6.30. The maximum Gasteiger partial charge on any atom is 0.269 e. The number of ketones is 1. The number of nitro groups is 1. The van der Waals surface area contributed by atoms with Crippen LogP contribution < -0.4 is 5.43 Å². The summed E-state index contributed by atoms with van der Waals surface area (Å²) >= 11 is 0. The van der Waals surface area contributed by atoms with E-state index in [0.717, 1.165) is 12.8 Å². The van der Waals surface area contributed by atoms with E-state index in [0.29, 0.717) is 11.4 Å². The highest BCUT2D eigenvalue weighted by Crippen LogP contribution is 2.62. The molecule has 6 heteroatoms. The predicted molar refractivity (Wildman–Crippen MR) is 83.8 cm³/mol. The topological polar surface area (TPSA) is 84.6 Å². The van der Waals surface area contributed by atoms with E-state index < -0.39 is 4.92 Å². The summed E-state index contributed by atoms with van der Waals surface area (Å²) in [7, 11) is 0. The fourth-order valence-corrected chi connectivity index (χ4v) is 3.74. The molecular formula is C16H19N3O3. The summed E-state index contributed by atoms with van der Waals surface area (Å²) in [6, 6.07) is 6.01. The quantitative estimate of drug-likeness (QED) is 0.685. The first kappa shape index (κ1) is 14.7. The van der Waals surface area contributed by atoms with Gasteiger partial charge in [-0.25, -0.2) is 0 Å². The molecule has 116 valence electrons. The van der Waals surface area contributed by atoms with Gasteiger partial charge in [-0.15, -0.1) is 0 Å². The van der Waals surface area contributed by atoms with Crippen LogP contribution in [-0.4, -0.2) is 16.4 Å². The van der Waals surface area contributed by atoms with Crippen LogP contribution in [0.15, 0.2) is 29.4 Å². The lowest BCUT2D eigenvalue weighted by atomic mass is 9.70. The molecule has 0 spiro atoms. The van der Waals surface area contributed by atoms with E-state index in [-0.39, 0.29) is 28.2 Å². The van der Waals surface area contributed by atoms with Crippen LogP contribution >= 0.6 is 0 Å². The predicted octanol–water partition coefficient (Wildman–Crippen LogP) is 3.39. The lowest BCUT2D eigenvalue weighted by molar-refractivity contribution is -0.384. The second-order valence-electron chi connectivity index (χ2n) is 6.89. The Morgan fingerprint density at radius 3 is 2.41 bits per heavy atom. The van der Waals surface area contributed by atoms with Gasteiger partial charge in [-0.3, -0.25) is 20.3 Å². The summed E-state index contributed by atoms with van der Waals surface area (Å²) in [5, 5.41) is 14.9. The van der Waals surface area contributed by atoms with Gasteiger partial charge in [0.15, 0.2) is 5.78 Å². The Labute approximate surface area is 128 Å². The van der Waals surface area contributed by atoms with E-state index in [1.165, 1.54) is 12.1 Å². The zero-order valence-corrected chi connectivity index (χ0v) is 12.9. The number of non-ortho nitro benzene ring substituents is 1. The number of nitro benzene ring substituents is 1. The summed E-state index contributed by atoms with van der Waals surface area (Å²) in [4.78, 5) is 22.8. The van der Waals surface area contributed by atoms with Crippen molar-refractivity contribution in [3.05, 3.63) is 34.4 Å². The Morgan fingerprint density at radius 2 is 1.91 bits per heavy atom. The molecule has 2 bridgehead atoms. The molecule has 6 nitrogen and oxygen atoms in total. The third-order valence-corrected chi connectivity index (χ3v) is 5.67. The molecule has 2 saturated carbocycles. The van der Waals surface area contributed by atoms with E-state index in [4.69, 9.17) is 0 Å². The Morgan fingerprint density at radius 1 is 1.27 bits per heavy atom. The summed E-state index contributed by atoms with van der Waals surface area (Å²) in [6.07, 6.45) is 1.90. The zero-order valence-electron chi connectivity index (χ0n) is 12.9. The number of hydrogen-bond acceptors (Lipinski definition) is 5. The Hall–Kier alpha value is -2.24. The number of fused-ring (bicyclic) bond motifs is 2. The summed E-state index contributed by atoms with van der Waals surface area (Å²) in [5.74, 6) is 0.304. The second-order valence-corrected chi connectivity index (χ2v) is 6.89. The third kappa shape index (κ3) is 1.86. The number of benzene rings is 1. The van der Waals surface area contributed by atoms with Crippen molar-refractivity contribution in [1.82, 2.24) is 0 Å². The lowest BCUT2D eigenvalue weighted by Crippen LogP contribution is -2.33. The molecule has 2 aliphatic carbocycles. The molecule has 0 radical (unpaired) electrons. The highest BCUT2D eigenvalue weighted by molar-refractivity contribution is 6.45. The number of hydrogen-bond donors (Lipinski definition) is 1. The van der Waals surface area contributed by atoms with Crippen LogP contribution in [0.25, 0.3) is 0 Å². The smallest absolute Gasteiger partial charge is 0.269 e. The molecule has 1 aromatic carbocycles. The number of carbonyl (C=O) groups is 1. The van der Waals surface area contributed by atoms with Gasteiger partial charge in [0.05, 0.1) is 10.6 Å². The number of carbonyl (C=O) groups excluding carboxylic acids is 1. The van der Waals surface area contributed by atoms with Gasteiger partial charge in [0, 0.05) is 23.5 Å². The maximum absolute atomic E-state index is 12.6. The number of nitrogens with one attached hydrogen (secondary N) is 1. The van der Waals surface area contributed by atoms with Crippen LogP contribution in [-0.2, 0) is 4.79 Å². The Kier molecular flexibility index (Phi) is 3.09. The van der Waals surface area contributed by atoms with Crippen molar-refractivity contribution in [2.24, 2.45) is 21.8 Å². The first-order valence-electron chi connectivity index (χ1n) is 7.40. The van der Waals surface area contributed by atoms with E-state index in [1.807, 2.05) is 6.92 Å². The van der Waals surface area contributed by atoms with Gasteiger partial charge in [-0.1, -0.05) is 20.8 Å². The molecule has 0 heterocycles. The largest absolute Gasteiger partial charge is 0.292 e. The highest BCUT2D eigenvalue weighted by Gasteiger charge is 2.65. The van der Waals surface area contributed by atoms with Gasteiger partial charge in [-0.05, 0) is 30.4 Å². The van der Waals surface area contributed by atoms with Crippen LogP contribution in [0.5, 0.6) is 0 Å². The standard InChI is InChI=1S/C16H19N3O3/c1-15(2)12-8-9-16(15,3)14(20)13(12)18-17-10-4-6-11(7-5-10)19(21)22/h4-7,12,17H,8-9H2,1-3H3/b18-13-/t12-,16+/m0/s1. The molecule has 1 aromatic rings. The highest BCUT2D eigenvalue weighted by atomic mass is 16.6.